The highest BCUT2D eigenvalue weighted by molar-refractivity contribution is 6.30. The van der Waals surface area contributed by atoms with Crippen LogP contribution < -0.4 is 5.73 Å². The van der Waals surface area contributed by atoms with Crippen molar-refractivity contribution in [2.45, 2.75) is 6.42 Å². The summed E-state index contributed by atoms with van der Waals surface area (Å²) in [5.41, 5.74) is 8.88. The Hall–Kier alpha value is -2.00. The molecule has 0 fully saturated rings. The average Bonchev–Trinajstić information content (AvgIpc) is 2.42. The summed E-state index contributed by atoms with van der Waals surface area (Å²) < 4.78 is 4.77. The molecule has 4 heteroatoms. The van der Waals surface area contributed by atoms with Crippen LogP contribution in [-0.4, -0.2) is 13.1 Å². The number of nitrogen functional groups attached to an aromatic ring is 1. The SMILES string of the molecule is COC(=O)c1ccccc1Cc1cc(Cl)ccc1N. The van der Waals surface area contributed by atoms with Crippen molar-refractivity contribution in [3.63, 3.8) is 0 Å². The zero-order chi connectivity index (χ0) is 13.8. The van der Waals surface area contributed by atoms with Gasteiger partial charge in [0, 0.05) is 17.1 Å². The van der Waals surface area contributed by atoms with Gasteiger partial charge in [0.25, 0.3) is 0 Å². The van der Waals surface area contributed by atoms with E-state index in [2.05, 4.69) is 0 Å². The Morgan fingerprint density at radius 2 is 1.95 bits per heavy atom. The predicted molar refractivity (Wildman–Crippen MR) is 76.5 cm³/mol. The van der Waals surface area contributed by atoms with Crippen LogP contribution in [0.1, 0.15) is 21.5 Å². The molecule has 2 aromatic rings. The fourth-order valence-electron chi connectivity index (χ4n) is 1.92. The standard InChI is InChI=1S/C15H14ClNO2/c1-19-15(18)13-5-3-2-4-10(13)8-11-9-12(16)6-7-14(11)17/h2-7,9H,8,17H2,1H3. The summed E-state index contributed by atoms with van der Waals surface area (Å²) in [4.78, 5) is 11.7. The summed E-state index contributed by atoms with van der Waals surface area (Å²) in [7, 11) is 1.37. The van der Waals surface area contributed by atoms with E-state index in [1.165, 1.54) is 7.11 Å². The van der Waals surface area contributed by atoms with E-state index >= 15 is 0 Å². The van der Waals surface area contributed by atoms with Crippen LogP contribution in [0.5, 0.6) is 0 Å². The third-order valence-corrected chi connectivity index (χ3v) is 3.14. The highest BCUT2D eigenvalue weighted by atomic mass is 35.5. The van der Waals surface area contributed by atoms with Gasteiger partial charge in [-0.25, -0.2) is 4.79 Å². The molecule has 0 unspecified atom stereocenters. The molecule has 3 nitrogen and oxygen atoms in total. The van der Waals surface area contributed by atoms with Crippen molar-refractivity contribution in [3.05, 3.63) is 64.2 Å². The second-order valence-corrected chi connectivity index (χ2v) is 4.61. The number of halogens is 1. The molecule has 0 heterocycles. The number of benzene rings is 2. The second kappa shape index (κ2) is 5.76. The number of nitrogens with two attached hydrogens (primary N) is 1. The molecule has 0 radical (unpaired) electrons. The van der Waals surface area contributed by atoms with Crippen molar-refractivity contribution in [2.75, 3.05) is 12.8 Å². The summed E-state index contributed by atoms with van der Waals surface area (Å²) >= 11 is 5.97. The number of carbonyl (C=O) groups excluding carboxylic acids is 1. The summed E-state index contributed by atoms with van der Waals surface area (Å²) in [5, 5.41) is 0.625. The van der Waals surface area contributed by atoms with E-state index in [0.717, 1.165) is 11.1 Å². The van der Waals surface area contributed by atoms with Crippen molar-refractivity contribution in [1.29, 1.82) is 0 Å². The lowest BCUT2D eigenvalue weighted by molar-refractivity contribution is 0.0599. The minimum atomic E-state index is -0.351. The largest absolute Gasteiger partial charge is 0.465 e. The zero-order valence-electron chi connectivity index (χ0n) is 10.5. The first-order valence-electron chi connectivity index (χ1n) is 5.82. The van der Waals surface area contributed by atoms with Gasteiger partial charge >= 0.3 is 5.97 Å². The predicted octanol–water partition coefficient (Wildman–Crippen LogP) is 3.30. The van der Waals surface area contributed by atoms with E-state index in [1.54, 1.807) is 24.3 Å². The van der Waals surface area contributed by atoms with Crippen LogP contribution in [0.4, 0.5) is 5.69 Å². The molecule has 0 aliphatic rings. The van der Waals surface area contributed by atoms with Crippen molar-refractivity contribution >= 4 is 23.3 Å². The van der Waals surface area contributed by atoms with Crippen LogP contribution in [0.25, 0.3) is 0 Å². The molecular formula is C15H14ClNO2. The lowest BCUT2D eigenvalue weighted by Gasteiger charge is -2.10. The number of esters is 1. The van der Waals surface area contributed by atoms with E-state index in [9.17, 15) is 4.79 Å². The summed E-state index contributed by atoms with van der Waals surface area (Å²) in [6.45, 7) is 0. The highest BCUT2D eigenvalue weighted by Crippen LogP contribution is 2.22. The molecule has 0 aromatic heterocycles. The van der Waals surface area contributed by atoms with Gasteiger partial charge in [0.2, 0.25) is 0 Å². The molecule has 0 bridgehead atoms. The Bertz CT molecular complexity index is 611. The lowest BCUT2D eigenvalue weighted by atomic mass is 9.99. The number of carbonyl (C=O) groups is 1. The maximum atomic E-state index is 11.7. The summed E-state index contributed by atoms with van der Waals surface area (Å²) in [6, 6.07) is 12.6. The zero-order valence-corrected chi connectivity index (χ0v) is 11.3. The smallest absolute Gasteiger partial charge is 0.338 e. The number of methoxy groups -OCH3 is 1. The van der Waals surface area contributed by atoms with Crippen LogP contribution >= 0.6 is 11.6 Å². The number of ether oxygens (including phenoxy) is 1. The molecule has 2 rings (SSSR count). The van der Waals surface area contributed by atoms with E-state index in [4.69, 9.17) is 22.1 Å². The Morgan fingerprint density at radius 3 is 2.68 bits per heavy atom. The first-order valence-corrected chi connectivity index (χ1v) is 6.19. The number of hydrogen-bond donors (Lipinski definition) is 1. The van der Waals surface area contributed by atoms with Crippen LogP contribution in [-0.2, 0) is 11.2 Å². The molecule has 2 N–H and O–H groups in total. The van der Waals surface area contributed by atoms with Gasteiger partial charge in [0.05, 0.1) is 12.7 Å². The fourth-order valence-corrected chi connectivity index (χ4v) is 2.11. The van der Waals surface area contributed by atoms with Crippen molar-refractivity contribution < 1.29 is 9.53 Å². The van der Waals surface area contributed by atoms with Gasteiger partial charge in [-0.1, -0.05) is 29.8 Å². The van der Waals surface area contributed by atoms with Gasteiger partial charge in [-0.3, -0.25) is 0 Å². The van der Waals surface area contributed by atoms with Crippen LogP contribution in [0.3, 0.4) is 0 Å². The molecule has 0 saturated heterocycles. The van der Waals surface area contributed by atoms with Crippen molar-refractivity contribution in [2.24, 2.45) is 0 Å². The third-order valence-electron chi connectivity index (χ3n) is 2.91. The summed E-state index contributed by atoms with van der Waals surface area (Å²) in [6.07, 6.45) is 0.539. The van der Waals surface area contributed by atoms with Gasteiger partial charge in [-0.2, -0.15) is 0 Å². The molecule has 0 amide bonds. The van der Waals surface area contributed by atoms with Gasteiger partial charge in [0.1, 0.15) is 0 Å². The lowest BCUT2D eigenvalue weighted by Crippen LogP contribution is -2.06. The molecule has 0 atom stereocenters. The average molecular weight is 276 g/mol. The number of anilines is 1. The number of rotatable bonds is 3. The van der Waals surface area contributed by atoms with Gasteiger partial charge in [-0.05, 0) is 35.4 Å². The molecule has 0 aliphatic carbocycles. The Balaban J connectivity index is 2.38. The normalized spacial score (nSPS) is 10.2. The topological polar surface area (TPSA) is 52.3 Å². The van der Waals surface area contributed by atoms with Crippen molar-refractivity contribution in [3.8, 4) is 0 Å². The van der Waals surface area contributed by atoms with E-state index < -0.39 is 0 Å². The second-order valence-electron chi connectivity index (χ2n) is 4.17. The first kappa shape index (κ1) is 13.4. The summed E-state index contributed by atoms with van der Waals surface area (Å²) in [5.74, 6) is -0.351. The minimum Gasteiger partial charge on any atom is -0.465 e. The molecule has 0 spiro atoms. The van der Waals surface area contributed by atoms with Crippen LogP contribution in [0.2, 0.25) is 5.02 Å². The fraction of sp³-hybridized carbons (Fsp3) is 0.133. The monoisotopic (exact) mass is 275 g/mol. The minimum absolute atomic E-state index is 0.351. The molecule has 98 valence electrons. The van der Waals surface area contributed by atoms with Gasteiger partial charge < -0.3 is 10.5 Å². The van der Waals surface area contributed by atoms with Crippen LogP contribution in [0, 0.1) is 0 Å². The molecule has 0 saturated carbocycles. The molecule has 0 aliphatic heterocycles. The highest BCUT2D eigenvalue weighted by Gasteiger charge is 2.12. The number of hydrogen-bond acceptors (Lipinski definition) is 3. The molecular weight excluding hydrogens is 262 g/mol. The maximum Gasteiger partial charge on any atom is 0.338 e. The van der Waals surface area contributed by atoms with E-state index in [1.807, 2.05) is 18.2 Å². The van der Waals surface area contributed by atoms with Gasteiger partial charge in [0.15, 0.2) is 0 Å². The van der Waals surface area contributed by atoms with Crippen molar-refractivity contribution in [1.82, 2.24) is 0 Å². The Kier molecular flexibility index (Phi) is 4.07. The van der Waals surface area contributed by atoms with Gasteiger partial charge in [-0.15, -0.1) is 0 Å². The Labute approximate surface area is 117 Å². The molecule has 2 aromatic carbocycles. The quantitative estimate of drug-likeness (QED) is 0.691. The third kappa shape index (κ3) is 3.06. The maximum absolute atomic E-state index is 11.7. The van der Waals surface area contributed by atoms with E-state index in [-0.39, 0.29) is 5.97 Å². The van der Waals surface area contributed by atoms with Crippen LogP contribution in [0.15, 0.2) is 42.5 Å². The van der Waals surface area contributed by atoms with E-state index in [0.29, 0.717) is 22.7 Å². The first-order chi connectivity index (χ1) is 9.11. The molecule has 19 heavy (non-hydrogen) atoms. The Morgan fingerprint density at radius 1 is 1.21 bits per heavy atom.